The third kappa shape index (κ3) is 2.82. The third-order valence-electron chi connectivity index (χ3n) is 5.08. The van der Waals surface area contributed by atoms with E-state index in [-0.39, 0.29) is 12.2 Å². The van der Waals surface area contributed by atoms with E-state index < -0.39 is 14.8 Å². The summed E-state index contributed by atoms with van der Waals surface area (Å²) in [6.45, 7) is 1.67. The molecule has 1 atom stereocenters. The Hall–Kier alpha value is -2.93. The van der Waals surface area contributed by atoms with Crippen LogP contribution in [0, 0.1) is 5.82 Å². The van der Waals surface area contributed by atoms with Crippen molar-refractivity contribution < 1.29 is 17.5 Å². The molecule has 2 aromatic heterocycles. The Morgan fingerprint density at radius 1 is 1.25 bits per heavy atom. The zero-order valence-corrected chi connectivity index (χ0v) is 16.3. The van der Waals surface area contributed by atoms with Crippen molar-refractivity contribution in [2.45, 2.75) is 18.1 Å². The zero-order valence-electron chi connectivity index (χ0n) is 15.5. The summed E-state index contributed by atoms with van der Waals surface area (Å²) in [6.07, 6.45) is 8.50. The Kier molecular flexibility index (Phi) is 4.34. The lowest BCUT2D eigenvalue weighted by molar-refractivity contribution is 0.412. The zero-order chi connectivity index (χ0) is 19.9. The van der Waals surface area contributed by atoms with Crippen molar-refractivity contribution in [3.63, 3.8) is 0 Å². The van der Waals surface area contributed by atoms with Gasteiger partial charge in [-0.1, -0.05) is 18.2 Å². The average molecular weight is 398 g/mol. The fraction of sp³-hybridized carbons (Fsp3) is 0.190. The van der Waals surface area contributed by atoms with E-state index in [0.29, 0.717) is 17.0 Å². The fourth-order valence-electron chi connectivity index (χ4n) is 3.37. The molecule has 0 bridgehead atoms. The maximum Gasteiger partial charge on any atom is 0.249 e. The van der Waals surface area contributed by atoms with Crippen LogP contribution in [0.4, 0.5) is 4.39 Å². The topological polar surface area (TPSA) is 61.2 Å². The highest BCUT2D eigenvalue weighted by Crippen LogP contribution is 2.37. The van der Waals surface area contributed by atoms with E-state index in [9.17, 15) is 12.8 Å². The smallest absolute Gasteiger partial charge is 0.249 e. The number of hydrogen-bond donors (Lipinski definition) is 0. The number of aromatic nitrogens is 2. The van der Waals surface area contributed by atoms with E-state index in [4.69, 9.17) is 4.74 Å². The Labute approximate surface area is 162 Å². The molecular weight excluding hydrogens is 379 g/mol. The van der Waals surface area contributed by atoms with E-state index in [1.54, 1.807) is 49.5 Å². The second-order valence-corrected chi connectivity index (χ2v) is 9.16. The number of benzene rings is 1. The highest BCUT2D eigenvalue weighted by Gasteiger charge is 2.39. The van der Waals surface area contributed by atoms with Gasteiger partial charge < -0.3 is 4.74 Å². The van der Waals surface area contributed by atoms with E-state index in [1.165, 1.54) is 29.4 Å². The van der Waals surface area contributed by atoms with E-state index in [2.05, 4.69) is 4.98 Å². The summed E-state index contributed by atoms with van der Waals surface area (Å²) in [6, 6.07) is 9.59. The Morgan fingerprint density at radius 2 is 2.07 bits per heavy atom. The van der Waals surface area contributed by atoms with Gasteiger partial charge in [-0.25, -0.2) is 21.8 Å². The molecule has 1 aliphatic rings. The summed E-state index contributed by atoms with van der Waals surface area (Å²) < 4.78 is 45.8. The minimum Gasteiger partial charge on any atom is -0.496 e. The molecule has 28 heavy (non-hydrogen) atoms. The second kappa shape index (κ2) is 6.60. The van der Waals surface area contributed by atoms with Gasteiger partial charge in [-0.3, -0.25) is 0 Å². The molecule has 3 aromatic rings. The average Bonchev–Trinajstić information content (AvgIpc) is 3.13. The molecule has 4 rings (SSSR count). The molecule has 0 spiro atoms. The number of pyridine rings is 1. The normalized spacial score (nSPS) is 19.6. The molecule has 0 saturated heterocycles. The summed E-state index contributed by atoms with van der Waals surface area (Å²) in [7, 11) is -2.24. The van der Waals surface area contributed by atoms with E-state index >= 15 is 0 Å². The highest BCUT2D eigenvalue weighted by atomic mass is 32.2. The number of hydrogen-bond acceptors (Lipinski definition) is 4. The second-order valence-electron chi connectivity index (χ2n) is 6.89. The van der Waals surface area contributed by atoms with Crippen molar-refractivity contribution in [2.75, 3.05) is 7.11 Å². The number of nitrogens with zero attached hydrogens (tertiary/aromatic N) is 2. The Bertz CT molecular complexity index is 1230. The molecule has 0 amide bonds. The number of allylic oxidation sites excluding steroid dienone is 3. The van der Waals surface area contributed by atoms with Crippen molar-refractivity contribution in [3.05, 3.63) is 78.4 Å². The van der Waals surface area contributed by atoms with Gasteiger partial charge in [-0.2, -0.15) is 0 Å². The molecule has 1 aromatic carbocycles. The summed E-state index contributed by atoms with van der Waals surface area (Å²) in [5.41, 5.74) is 1.71. The van der Waals surface area contributed by atoms with Gasteiger partial charge in [-0.05, 0) is 55.3 Å². The van der Waals surface area contributed by atoms with Crippen LogP contribution in [0.1, 0.15) is 18.9 Å². The molecule has 0 fully saturated rings. The molecule has 0 aliphatic heterocycles. The lowest BCUT2D eigenvalue weighted by atomic mass is 9.93. The van der Waals surface area contributed by atoms with Crippen molar-refractivity contribution in [2.24, 2.45) is 0 Å². The first kappa shape index (κ1) is 18.4. The molecular formula is C21H19FN2O3S. The van der Waals surface area contributed by atoms with Crippen LogP contribution in [0.15, 0.2) is 67.0 Å². The number of halogens is 1. The first-order chi connectivity index (χ1) is 13.4. The standard InChI is InChI=1S/C21H19FN2O3S/c1-21(28(25,26)24-13-9-16-4-3-12-23-20(16)24)10-7-15(8-11-21)18-14-17(22)5-6-19(18)27-2/h3-10,12-14H,11H2,1-2H3. The largest absolute Gasteiger partial charge is 0.496 e. The molecule has 5 nitrogen and oxygen atoms in total. The van der Waals surface area contributed by atoms with Crippen molar-refractivity contribution in [3.8, 4) is 5.75 Å². The number of ether oxygens (including phenoxy) is 1. The lowest BCUT2D eigenvalue weighted by Crippen LogP contribution is -2.38. The first-order valence-corrected chi connectivity index (χ1v) is 10.2. The van der Waals surface area contributed by atoms with Gasteiger partial charge in [0.15, 0.2) is 5.65 Å². The predicted octanol–water partition coefficient (Wildman–Crippen LogP) is 4.16. The lowest BCUT2D eigenvalue weighted by Gasteiger charge is -2.28. The van der Waals surface area contributed by atoms with Gasteiger partial charge in [0.2, 0.25) is 10.0 Å². The molecule has 1 unspecified atom stereocenters. The van der Waals surface area contributed by atoms with Gasteiger partial charge >= 0.3 is 0 Å². The molecule has 0 radical (unpaired) electrons. The monoisotopic (exact) mass is 398 g/mol. The first-order valence-electron chi connectivity index (χ1n) is 8.76. The van der Waals surface area contributed by atoms with Crippen molar-refractivity contribution >= 4 is 26.6 Å². The number of methoxy groups -OCH3 is 1. The van der Waals surface area contributed by atoms with E-state index in [0.717, 1.165) is 11.0 Å². The molecule has 144 valence electrons. The van der Waals surface area contributed by atoms with Crippen LogP contribution in [0.5, 0.6) is 5.75 Å². The van der Waals surface area contributed by atoms with Crippen LogP contribution in [0.3, 0.4) is 0 Å². The van der Waals surface area contributed by atoms with Crippen molar-refractivity contribution in [1.82, 2.24) is 8.96 Å². The highest BCUT2D eigenvalue weighted by molar-refractivity contribution is 7.91. The van der Waals surface area contributed by atoms with Gasteiger partial charge in [0.1, 0.15) is 16.3 Å². The van der Waals surface area contributed by atoms with Crippen LogP contribution in [0.2, 0.25) is 0 Å². The van der Waals surface area contributed by atoms with Crippen LogP contribution >= 0.6 is 0 Å². The van der Waals surface area contributed by atoms with Crippen LogP contribution in [-0.4, -0.2) is 29.2 Å². The minimum atomic E-state index is -3.76. The maximum atomic E-state index is 13.7. The van der Waals surface area contributed by atoms with Crippen LogP contribution < -0.4 is 4.74 Å². The Balaban J connectivity index is 1.72. The Morgan fingerprint density at radius 3 is 2.79 bits per heavy atom. The van der Waals surface area contributed by atoms with Crippen molar-refractivity contribution in [1.29, 1.82) is 0 Å². The molecule has 2 heterocycles. The molecule has 7 heteroatoms. The SMILES string of the molecule is COc1ccc(F)cc1C1=CCC(C)(S(=O)(=O)n2ccc3cccnc32)C=C1. The van der Waals surface area contributed by atoms with Crippen LogP contribution in [-0.2, 0) is 10.0 Å². The number of fused-ring (bicyclic) bond motifs is 1. The fourth-order valence-corrected chi connectivity index (χ4v) is 4.96. The van der Waals surface area contributed by atoms with Crippen LogP contribution in [0.25, 0.3) is 16.6 Å². The maximum absolute atomic E-state index is 13.7. The van der Waals surface area contributed by atoms with Gasteiger partial charge in [-0.15, -0.1) is 0 Å². The summed E-state index contributed by atoms with van der Waals surface area (Å²) >= 11 is 0. The summed E-state index contributed by atoms with van der Waals surface area (Å²) in [5.74, 6) is 0.153. The molecule has 0 saturated carbocycles. The predicted molar refractivity (Wildman–Crippen MR) is 107 cm³/mol. The van der Waals surface area contributed by atoms with Gasteiger partial charge in [0.25, 0.3) is 0 Å². The molecule has 1 aliphatic carbocycles. The van der Waals surface area contributed by atoms with E-state index in [1.807, 2.05) is 6.07 Å². The third-order valence-corrected chi connectivity index (χ3v) is 7.37. The minimum absolute atomic E-state index is 0.243. The number of rotatable bonds is 4. The molecule has 0 N–H and O–H groups in total. The summed E-state index contributed by atoms with van der Waals surface area (Å²) in [4.78, 5) is 4.21. The summed E-state index contributed by atoms with van der Waals surface area (Å²) in [5, 5.41) is 0.759. The quantitative estimate of drug-likeness (QED) is 0.662. The van der Waals surface area contributed by atoms with Gasteiger partial charge in [0.05, 0.1) is 7.11 Å². The van der Waals surface area contributed by atoms with Gasteiger partial charge in [0, 0.05) is 23.3 Å².